The fraction of sp³-hybridized carbons (Fsp3) is 0.611. The van der Waals surface area contributed by atoms with Gasteiger partial charge in [-0.1, -0.05) is 29.8 Å². The van der Waals surface area contributed by atoms with Gasteiger partial charge < -0.3 is 20.1 Å². The summed E-state index contributed by atoms with van der Waals surface area (Å²) in [6.07, 6.45) is 1.47. The minimum absolute atomic E-state index is 0. The average Bonchev–Trinajstić information content (AvgIpc) is 2.59. The van der Waals surface area contributed by atoms with E-state index in [1.54, 1.807) is 7.11 Å². The first kappa shape index (κ1) is 20.9. The average molecular weight is 357 g/mol. The van der Waals surface area contributed by atoms with Crippen molar-refractivity contribution in [3.63, 3.8) is 0 Å². The molecule has 6 heteroatoms. The lowest BCUT2D eigenvalue weighted by molar-refractivity contribution is -0.130. The lowest BCUT2D eigenvalue weighted by Crippen LogP contribution is -2.49. The molecule has 1 aromatic carbocycles. The number of aryl methyl sites for hydroxylation is 1. The molecule has 1 heterocycles. The molecule has 2 N–H and O–H groups in total. The molecule has 1 aliphatic heterocycles. The molecule has 0 spiro atoms. The fourth-order valence-corrected chi connectivity index (χ4v) is 2.97. The van der Waals surface area contributed by atoms with Crippen molar-refractivity contribution in [3.05, 3.63) is 35.4 Å². The molecule has 0 saturated carbocycles. The number of carbonyl (C=O) groups excluding carboxylic acids is 1. The Morgan fingerprint density at radius 3 is 2.46 bits per heavy atom. The summed E-state index contributed by atoms with van der Waals surface area (Å²) in [5, 5.41) is 6.33. The highest BCUT2D eigenvalue weighted by atomic mass is 35.5. The van der Waals surface area contributed by atoms with Gasteiger partial charge in [0.2, 0.25) is 5.91 Å². The van der Waals surface area contributed by atoms with E-state index in [-0.39, 0.29) is 18.3 Å². The second-order valence-electron chi connectivity index (χ2n) is 6.06. The third kappa shape index (κ3) is 5.45. The van der Waals surface area contributed by atoms with Crippen molar-refractivity contribution in [1.82, 2.24) is 10.6 Å². The molecule has 1 fully saturated rings. The first-order valence-corrected chi connectivity index (χ1v) is 8.32. The fourth-order valence-electron chi connectivity index (χ4n) is 2.97. The van der Waals surface area contributed by atoms with E-state index in [4.69, 9.17) is 9.47 Å². The maximum atomic E-state index is 12.9. The van der Waals surface area contributed by atoms with Crippen LogP contribution in [0, 0.1) is 6.92 Å². The van der Waals surface area contributed by atoms with Crippen molar-refractivity contribution in [2.45, 2.75) is 25.2 Å². The zero-order valence-corrected chi connectivity index (χ0v) is 15.4. The number of halogens is 1. The summed E-state index contributed by atoms with van der Waals surface area (Å²) in [6, 6.07) is 8.31. The molecule has 0 aliphatic carbocycles. The Labute approximate surface area is 150 Å². The summed E-state index contributed by atoms with van der Waals surface area (Å²) in [5.41, 5.74) is 1.84. The molecule has 1 aromatic rings. The van der Waals surface area contributed by atoms with Crippen molar-refractivity contribution < 1.29 is 14.3 Å². The first-order valence-electron chi connectivity index (χ1n) is 8.32. The van der Waals surface area contributed by atoms with Gasteiger partial charge in [-0.05, 0) is 25.3 Å². The maximum Gasteiger partial charge on any atom is 0.230 e. The molecule has 1 amide bonds. The number of rotatable bonds is 8. The van der Waals surface area contributed by atoms with Crippen LogP contribution >= 0.6 is 12.4 Å². The SMILES string of the molecule is COCCNCCNC(=O)C1(c2ccc(C)cc2)CCOCC1.Cl. The van der Waals surface area contributed by atoms with Crippen LogP contribution in [0.15, 0.2) is 24.3 Å². The van der Waals surface area contributed by atoms with E-state index < -0.39 is 5.41 Å². The summed E-state index contributed by atoms with van der Waals surface area (Å²) < 4.78 is 10.5. The Morgan fingerprint density at radius 2 is 1.83 bits per heavy atom. The molecular weight excluding hydrogens is 328 g/mol. The molecule has 0 bridgehead atoms. The summed E-state index contributed by atoms with van der Waals surface area (Å²) in [7, 11) is 1.68. The van der Waals surface area contributed by atoms with E-state index in [2.05, 4.69) is 41.8 Å². The third-order valence-electron chi connectivity index (χ3n) is 4.46. The lowest BCUT2D eigenvalue weighted by atomic mass is 9.73. The summed E-state index contributed by atoms with van der Waals surface area (Å²) >= 11 is 0. The number of methoxy groups -OCH3 is 1. The Hall–Kier alpha value is -1.14. The van der Waals surface area contributed by atoms with Crippen LogP contribution in [0.5, 0.6) is 0 Å². The van der Waals surface area contributed by atoms with Gasteiger partial charge in [0.1, 0.15) is 0 Å². The Bertz CT molecular complexity index is 488. The second-order valence-corrected chi connectivity index (χ2v) is 6.06. The Morgan fingerprint density at radius 1 is 1.17 bits per heavy atom. The standard InChI is InChI=1S/C18H28N2O3.ClH/c1-15-3-5-16(6-4-15)18(7-12-23-13-8-18)17(21)20-10-9-19-11-14-22-2;/h3-6,19H,7-14H2,1-2H3,(H,20,21);1H. The molecular formula is C18H29ClN2O3. The zero-order valence-electron chi connectivity index (χ0n) is 14.6. The number of ether oxygens (including phenoxy) is 2. The molecule has 24 heavy (non-hydrogen) atoms. The topological polar surface area (TPSA) is 59.6 Å². The number of amides is 1. The van der Waals surface area contributed by atoms with Gasteiger partial charge in [-0.2, -0.15) is 0 Å². The summed E-state index contributed by atoms with van der Waals surface area (Å²) in [4.78, 5) is 12.9. The molecule has 0 radical (unpaired) electrons. The molecule has 0 atom stereocenters. The maximum absolute atomic E-state index is 12.9. The Balaban J connectivity index is 0.00000288. The predicted octanol–water partition coefficient (Wildman–Crippen LogP) is 1.82. The molecule has 0 unspecified atom stereocenters. The number of benzene rings is 1. The normalized spacial score (nSPS) is 16.2. The van der Waals surface area contributed by atoms with Crippen molar-refractivity contribution in [3.8, 4) is 0 Å². The van der Waals surface area contributed by atoms with Gasteiger partial charge in [0.25, 0.3) is 0 Å². The molecule has 1 saturated heterocycles. The smallest absolute Gasteiger partial charge is 0.230 e. The minimum atomic E-state index is -0.460. The number of nitrogens with one attached hydrogen (secondary N) is 2. The number of hydrogen-bond acceptors (Lipinski definition) is 4. The highest BCUT2D eigenvalue weighted by Crippen LogP contribution is 2.35. The quantitative estimate of drug-likeness (QED) is 0.697. The van der Waals surface area contributed by atoms with E-state index in [9.17, 15) is 4.79 Å². The second kappa shape index (κ2) is 10.7. The summed E-state index contributed by atoms with van der Waals surface area (Å²) in [5.74, 6) is 0.109. The van der Waals surface area contributed by atoms with Crippen molar-refractivity contribution in [1.29, 1.82) is 0 Å². The Kier molecular flexibility index (Phi) is 9.29. The van der Waals surface area contributed by atoms with Crippen LogP contribution in [-0.2, 0) is 19.7 Å². The van der Waals surface area contributed by atoms with Gasteiger partial charge in [0.05, 0.1) is 12.0 Å². The van der Waals surface area contributed by atoms with Crippen LogP contribution in [0.4, 0.5) is 0 Å². The first-order chi connectivity index (χ1) is 11.2. The van der Waals surface area contributed by atoms with Crippen LogP contribution in [-0.4, -0.2) is 52.5 Å². The molecule has 136 valence electrons. The van der Waals surface area contributed by atoms with Gasteiger partial charge in [-0.3, -0.25) is 4.79 Å². The molecule has 5 nitrogen and oxygen atoms in total. The van der Waals surface area contributed by atoms with E-state index in [1.165, 1.54) is 5.56 Å². The highest BCUT2D eigenvalue weighted by molar-refractivity contribution is 5.88. The van der Waals surface area contributed by atoms with Crippen molar-refractivity contribution in [2.75, 3.05) is 46.6 Å². The number of carbonyl (C=O) groups is 1. The van der Waals surface area contributed by atoms with Crippen LogP contribution in [0.25, 0.3) is 0 Å². The van der Waals surface area contributed by atoms with Crippen LogP contribution in [0.3, 0.4) is 0 Å². The van der Waals surface area contributed by atoms with E-state index in [0.29, 0.717) is 26.4 Å². The monoisotopic (exact) mass is 356 g/mol. The van der Waals surface area contributed by atoms with E-state index in [1.807, 2.05) is 0 Å². The highest BCUT2D eigenvalue weighted by Gasteiger charge is 2.41. The van der Waals surface area contributed by atoms with Gasteiger partial charge in [0.15, 0.2) is 0 Å². The number of hydrogen-bond donors (Lipinski definition) is 2. The zero-order chi connectivity index (χ0) is 16.5. The largest absolute Gasteiger partial charge is 0.383 e. The van der Waals surface area contributed by atoms with Gasteiger partial charge in [0, 0.05) is 40.0 Å². The van der Waals surface area contributed by atoms with Crippen LogP contribution in [0.1, 0.15) is 24.0 Å². The van der Waals surface area contributed by atoms with Crippen LogP contribution < -0.4 is 10.6 Å². The van der Waals surface area contributed by atoms with E-state index in [0.717, 1.165) is 31.5 Å². The van der Waals surface area contributed by atoms with Gasteiger partial charge in [-0.15, -0.1) is 12.4 Å². The molecule has 2 rings (SSSR count). The van der Waals surface area contributed by atoms with Crippen molar-refractivity contribution in [2.24, 2.45) is 0 Å². The lowest BCUT2D eigenvalue weighted by Gasteiger charge is -2.36. The third-order valence-corrected chi connectivity index (χ3v) is 4.46. The van der Waals surface area contributed by atoms with Gasteiger partial charge in [-0.25, -0.2) is 0 Å². The van der Waals surface area contributed by atoms with Crippen molar-refractivity contribution >= 4 is 18.3 Å². The van der Waals surface area contributed by atoms with E-state index >= 15 is 0 Å². The van der Waals surface area contributed by atoms with Gasteiger partial charge >= 0.3 is 0 Å². The minimum Gasteiger partial charge on any atom is -0.383 e. The summed E-state index contributed by atoms with van der Waals surface area (Å²) in [6.45, 7) is 6.17. The predicted molar refractivity (Wildman–Crippen MR) is 97.9 cm³/mol. The van der Waals surface area contributed by atoms with Crippen LogP contribution in [0.2, 0.25) is 0 Å². The molecule has 0 aromatic heterocycles. The molecule has 1 aliphatic rings.